The molecule has 0 bridgehead atoms. The number of aromatic carboxylic acids is 1. The minimum Gasteiger partial charge on any atom is -0.485 e. The van der Waals surface area contributed by atoms with E-state index >= 15 is 0 Å². The van der Waals surface area contributed by atoms with E-state index in [2.05, 4.69) is 25.8 Å². The van der Waals surface area contributed by atoms with Gasteiger partial charge in [-0.15, -0.1) is 0 Å². The monoisotopic (exact) mass is 444 g/mol. The lowest BCUT2D eigenvalue weighted by Crippen LogP contribution is -2.23. The predicted octanol–water partition coefficient (Wildman–Crippen LogP) is 5.05. The molecule has 0 spiro atoms. The maximum absolute atomic E-state index is 11.0. The molecule has 146 valence electrons. The average Bonchev–Trinajstić information content (AvgIpc) is 3.10. The number of furan rings is 1. The summed E-state index contributed by atoms with van der Waals surface area (Å²) in [5, 5.41) is 9.05. The van der Waals surface area contributed by atoms with Gasteiger partial charge >= 0.3 is 5.97 Å². The van der Waals surface area contributed by atoms with Gasteiger partial charge in [0.2, 0.25) is 0 Å². The van der Waals surface area contributed by atoms with Crippen molar-refractivity contribution in [3.05, 3.63) is 75.8 Å². The first-order valence-corrected chi connectivity index (χ1v) is 9.65. The fraction of sp³-hybridized carbons (Fsp3) is 0.238. The zero-order valence-electron chi connectivity index (χ0n) is 15.7. The molecule has 1 N–H and O–H groups in total. The minimum atomic E-state index is -0.988. The Morgan fingerprint density at radius 2 is 2.11 bits per heavy atom. The number of hydrogen-bond acceptors (Lipinski definition) is 5. The number of pyridine rings is 1. The lowest BCUT2D eigenvalue weighted by Gasteiger charge is -2.23. The fourth-order valence-corrected chi connectivity index (χ4v) is 3.18. The zero-order valence-corrected chi connectivity index (χ0v) is 17.3. The van der Waals surface area contributed by atoms with E-state index in [1.54, 1.807) is 18.4 Å². The van der Waals surface area contributed by atoms with E-state index in [1.165, 1.54) is 6.20 Å². The first-order valence-electron chi connectivity index (χ1n) is 8.86. The molecule has 3 rings (SSSR count). The highest BCUT2D eigenvalue weighted by molar-refractivity contribution is 9.10. The summed E-state index contributed by atoms with van der Waals surface area (Å²) in [6, 6.07) is 11.1. The van der Waals surface area contributed by atoms with Crippen molar-refractivity contribution in [2.24, 2.45) is 0 Å². The molecule has 0 aliphatic carbocycles. The molecule has 0 aliphatic rings. The Hall–Kier alpha value is -2.80. The van der Waals surface area contributed by atoms with E-state index in [9.17, 15) is 4.79 Å². The summed E-state index contributed by atoms with van der Waals surface area (Å²) < 4.78 is 12.4. The summed E-state index contributed by atoms with van der Waals surface area (Å²) in [6.07, 6.45) is 3.03. The van der Waals surface area contributed by atoms with Gasteiger partial charge in [0.15, 0.2) is 0 Å². The first kappa shape index (κ1) is 19.9. The van der Waals surface area contributed by atoms with Gasteiger partial charge in [0.05, 0.1) is 11.8 Å². The second-order valence-electron chi connectivity index (χ2n) is 6.29. The molecular weight excluding hydrogens is 424 g/mol. The molecule has 1 aromatic carbocycles. The smallest absolute Gasteiger partial charge is 0.337 e. The molecular formula is C21H21BrN2O4. The molecule has 0 saturated carbocycles. The average molecular weight is 445 g/mol. The van der Waals surface area contributed by atoms with Gasteiger partial charge in [0.1, 0.15) is 23.9 Å². The van der Waals surface area contributed by atoms with Crippen LogP contribution < -0.4 is 9.64 Å². The van der Waals surface area contributed by atoms with Crippen LogP contribution in [0, 0.1) is 6.92 Å². The number of anilines is 1. The highest BCUT2D eigenvalue weighted by atomic mass is 79.9. The van der Waals surface area contributed by atoms with Gasteiger partial charge in [0.25, 0.3) is 0 Å². The highest BCUT2D eigenvalue weighted by Gasteiger charge is 2.14. The molecule has 0 unspecified atom stereocenters. The summed E-state index contributed by atoms with van der Waals surface area (Å²) in [5.41, 5.74) is 2.21. The Kier molecular flexibility index (Phi) is 6.36. The number of nitrogens with zero attached hydrogens (tertiary/aromatic N) is 2. The van der Waals surface area contributed by atoms with Gasteiger partial charge in [-0.1, -0.05) is 15.9 Å². The fourth-order valence-electron chi connectivity index (χ4n) is 2.77. The predicted molar refractivity (Wildman–Crippen MR) is 110 cm³/mol. The first-order chi connectivity index (χ1) is 13.5. The van der Waals surface area contributed by atoms with E-state index in [0.29, 0.717) is 25.5 Å². The third-order valence-corrected chi connectivity index (χ3v) is 4.90. The Labute approximate surface area is 171 Å². The normalized spacial score (nSPS) is 10.7. The molecule has 6 nitrogen and oxygen atoms in total. The molecule has 2 heterocycles. The van der Waals surface area contributed by atoms with Crippen LogP contribution in [0.2, 0.25) is 0 Å². The van der Waals surface area contributed by atoms with Crippen LogP contribution in [0.3, 0.4) is 0 Å². The lowest BCUT2D eigenvalue weighted by atomic mass is 10.1. The molecule has 0 aliphatic heterocycles. The van der Waals surface area contributed by atoms with E-state index in [4.69, 9.17) is 14.3 Å². The molecule has 28 heavy (non-hydrogen) atoms. The number of ether oxygens (including phenoxy) is 1. The zero-order chi connectivity index (χ0) is 20.1. The number of carboxylic acid groups (broad SMARTS) is 1. The molecule has 0 fully saturated rings. The standard InChI is InChI=1S/C21H21BrN2O4/c1-3-24(20-7-4-15(11-23-20)21(25)26)12-16-10-17(22)5-6-18(16)28-13-19-14(2)8-9-27-19/h4-11H,3,12-13H2,1-2H3,(H,25,26). The number of benzene rings is 1. The number of aromatic nitrogens is 1. The van der Waals surface area contributed by atoms with Crippen LogP contribution in [0.5, 0.6) is 5.75 Å². The van der Waals surface area contributed by atoms with Crippen molar-refractivity contribution in [1.29, 1.82) is 0 Å². The quantitative estimate of drug-likeness (QED) is 0.523. The van der Waals surface area contributed by atoms with Crippen molar-refractivity contribution in [3.63, 3.8) is 0 Å². The number of carbonyl (C=O) groups is 1. The van der Waals surface area contributed by atoms with Crippen molar-refractivity contribution in [2.45, 2.75) is 27.0 Å². The number of carboxylic acids is 1. The maximum Gasteiger partial charge on any atom is 0.337 e. The molecule has 0 radical (unpaired) electrons. The second-order valence-corrected chi connectivity index (χ2v) is 7.21. The van der Waals surface area contributed by atoms with E-state index in [0.717, 1.165) is 27.1 Å². The Balaban J connectivity index is 1.80. The van der Waals surface area contributed by atoms with E-state index in [-0.39, 0.29) is 5.56 Å². The van der Waals surface area contributed by atoms with Crippen LogP contribution in [0.15, 0.2) is 57.7 Å². The van der Waals surface area contributed by atoms with Crippen molar-refractivity contribution in [1.82, 2.24) is 4.98 Å². The topological polar surface area (TPSA) is 75.8 Å². The van der Waals surface area contributed by atoms with Gasteiger partial charge in [-0.05, 0) is 55.8 Å². The van der Waals surface area contributed by atoms with Crippen LogP contribution in [0.4, 0.5) is 5.82 Å². The van der Waals surface area contributed by atoms with Crippen LogP contribution in [-0.4, -0.2) is 22.6 Å². The highest BCUT2D eigenvalue weighted by Crippen LogP contribution is 2.27. The van der Waals surface area contributed by atoms with Gasteiger partial charge < -0.3 is 19.2 Å². The lowest BCUT2D eigenvalue weighted by molar-refractivity contribution is 0.0696. The van der Waals surface area contributed by atoms with Gasteiger partial charge in [0, 0.05) is 29.3 Å². The van der Waals surface area contributed by atoms with Gasteiger partial charge in [-0.3, -0.25) is 0 Å². The van der Waals surface area contributed by atoms with Gasteiger partial charge in [-0.2, -0.15) is 0 Å². The van der Waals surface area contributed by atoms with Crippen LogP contribution in [-0.2, 0) is 13.2 Å². The summed E-state index contributed by atoms with van der Waals surface area (Å²) in [6.45, 7) is 5.64. The van der Waals surface area contributed by atoms with Crippen LogP contribution in [0.25, 0.3) is 0 Å². The Morgan fingerprint density at radius 1 is 1.29 bits per heavy atom. The summed E-state index contributed by atoms with van der Waals surface area (Å²) in [4.78, 5) is 17.4. The van der Waals surface area contributed by atoms with Gasteiger partial charge in [-0.25, -0.2) is 9.78 Å². The Morgan fingerprint density at radius 3 is 2.71 bits per heavy atom. The minimum absolute atomic E-state index is 0.167. The maximum atomic E-state index is 11.0. The third kappa shape index (κ3) is 4.72. The molecule has 2 aromatic heterocycles. The van der Waals surface area contributed by atoms with Crippen LogP contribution in [0.1, 0.15) is 34.2 Å². The van der Waals surface area contributed by atoms with Crippen molar-refractivity contribution in [3.8, 4) is 5.75 Å². The number of hydrogen-bond donors (Lipinski definition) is 1. The van der Waals surface area contributed by atoms with Crippen molar-refractivity contribution < 1.29 is 19.1 Å². The summed E-state index contributed by atoms with van der Waals surface area (Å²) in [7, 11) is 0. The van der Waals surface area contributed by atoms with E-state index in [1.807, 2.05) is 38.1 Å². The van der Waals surface area contributed by atoms with Crippen molar-refractivity contribution in [2.75, 3.05) is 11.4 Å². The number of halogens is 1. The summed E-state index contributed by atoms with van der Waals surface area (Å²) >= 11 is 3.52. The summed E-state index contributed by atoms with van der Waals surface area (Å²) in [5.74, 6) is 1.28. The molecule has 3 aromatic rings. The molecule has 0 atom stereocenters. The second kappa shape index (κ2) is 8.93. The van der Waals surface area contributed by atoms with E-state index < -0.39 is 5.97 Å². The van der Waals surface area contributed by atoms with Crippen molar-refractivity contribution >= 4 is 27.7 Å². The molecule has 7 heteroatoms. The number of aryl methyl sites for hydroxylation is 1. The molecule has 0 saturated heterocycles. The Bertz CT molecular complexity index is 953. The molecule has 0 amide bonds. The third-order valence-electron chi connectivity index (χ3n) is 4.41. The van der Waals surface area contributed by atoms with Crippen LogP contribution >= 0.6 is 15.9 Å². The SMILES string of the molecule is CCN(Cc1cc(Br)ccc1OCc1occc1C)c1ccc(C(=O)O)cn1. The largest absolute Gasteiger partial charge is 0.485 e. The number of rotatable bonds is 8.